The van der Waals surface area contributed by atoms with Gasteiger partial charge in [0.25, 0.3) is 0 Å². The monoisotopic (exact) mass is 234 g/mol. The maximum absolute atomic E-state index is 11.1. The number of ether oxygens (including phenoxy) is 1. The highest BCUT2D eigenvalue weighted by Gasteiger charge is 2.23. The SMILES string of the molecule is COC(=O)NC1Cc2ccc(C(N)=O)cc2C1. The fourth-order valence-corrected chi connectivity index (χ4v) is 2.10. The first-order chi connectivity index (χ1) is 8.10. The molecule has 0 bridgehead atoms. The number of methoxy groups -OCH3 is 1. The summed E-state index contributed by atoms with van der Waals surface area (Å²) in [5.41, 5.74) is 7.91. The maximum Gasteiger partial charge on any atom is 0.407 e. The van der Waals surface area contributed by atoms with E-state index in [1.54, 1.807) is 12.1 Å². The van der Waals surface area contributed by atoms with Crippen LogP contribution >= 0.6 is 0 Å². The van der Waals surface area contributed by atoms with E-state index < -0.39 is 12.0 Å². The molecule has 1 unspecified atom stereocenters. The number of nitrogens with two attached hydrogens (primary N) is 1. The summed E-state index contributed by atoms with van der Waals surface area (Å²) in [6.07, 6.45) is 1.02. The smallest absolute Gasteiger partial charge is 0.407 e. The highest BCUT2D eigenvalue weighted by Crippen LogP contribution is 2.23. The third-order valence-corrected chi connectivity index (χ3v) is 2.93. The second-order valence-corrected chi connectivity index (χ2v) is 4.09. The van der Waals surface area contributed by atoms with E-state index in [0.717, 1.165) is 17.5 Å². The molecule has 1 aromatic carbocycles. The Morgan fingerprint density at radius 2 is 2.06 bits per heavy atom. The van der Waals surface area contributed by atoms with Crippen LogP contribution < -0.4 is 11.1 Å². The molecule has 1 aromatic rings. The second-order valence-electron chi connectivity index (χ2n) is 4.09. The number of fused-ring (bicyclic) bond motifs is 1. The molecule has 0 radical (unpaired) electrons. The zero-order valence-corrected chi connectivity index (χ0v) is 9.53. The highest BCUT2D eigenvalue weighted by atomic mass is 16.5. The molecule has 5 heteroatoms. The zero-order chi connectivity index (χ0) is 12.4. The van der Waals surface area contributed by atoms with Gasteiger partial charge in [-0.3, -0.25) is 4.79 Å². The number of benzene rings is 1. The van der Waals surface area contributed by atoms with Gasteiger partial charge >= 0.3 is 6.09 Å². The minimum absolute atomic E-state index is 0.0283. The lowest BCUT2D eigenvalue weighted by atomic mass is 10.1. The fraction of sp³-hybridized carbons (Fsp3) is 0.333. The molecule has 0 aliphatic heterocycles. The molecule has 1 aliphatic carbocycles. The van der Waals surface area contributed by atoms with Gasteiger partial charge in [0.15, 0.2) is 0 Å². The summed E-state index contributed by atoms with van der Waals surface area (Å²) in [6, 6.07) is 5.41. The van der Waals surface area contributed by atoms with Gasteiger partial charge in [0.1, 0.15) is 0 Å². The molecule has 0 fully saturated rings. The summed E-state index contributed by atoms with van der Waals surface area (Å²) < 4.78 is 4.55. The van der Waals surface area contributed by atoms with Gasteiger partial charge in [-0.2, -0.15) is 0 Å². The lowest BCUT2D eigenvalue weighted by Crippen LogP contribution is -2.35. The van der Waals surface area contributed by atoms with Crippen molar-refractivity contribution in [2.45, 2.75) is 18.9 Å². The number of primary amides is 1. The molecule has 5 nitrogen and oxygen atoms in total. The minimum atomic E-state index is -0.433. The molecule has 3 N–H and O–H groups in total. The zero-order valence-electron chi connectivity index (χ0n) is 9.53. The van der Waals surface area contributed by atoms with Gasteiger partial charge in [-0.15, -0.1) is 0 Å². The summed E-state index contributed by atoms with van der Waals surface area (Å²) in [6.45, 7) is 0. The van der Waals surface area contributed by atoms with Gasteiger partial charge in [0, 0.05) is 11.6 Å². The number of hydrogen-bond donors (Lipinski definition) is 2. The molecule has 2 rings (SSSR count). The normalized spacial score (nSPS) is 17.4. The summed E-state index contributed by atoms with van der Waals surface area (Å²) in [5.74, 6) is -0.433. The maximum atomic E-state index is 11.1. The van der Waals surface area contributed by atoms with Gasteiger partial charge in [-0.1, -0.05) is 6.07 Å². The predicted molar refractivity (Wildman–Crippen MR) is 61.7 cm³/mol. The fourth-order valence-electron chi connectivity index (χ4n) is 2.10. The Morgan fingerprint density at radius 1 is 1.35 bits per heavy atom. The first-order valence-electron chi connectivity index (χ1n) is 5.36. The number of rotatable bonds is 2. The summed E-state index contributed by atoms with van der Waals surface area (Å²) in [4.78, 5) is 22.1. The first kappa shape index (κ1) is 11.4. The van der Waals surface area contributed by atoms with Crippen molar-refractivity contribution in [1.82, 2.24) is 5.32 Å². The molecule has 0 heterocycles. The van der Waals surface area contributed by atoms with Crippen molar-refractivity contribution < 1.29 is 14.3 Å². The van der Waals surface area contributed by atoms with Crippen molar-refractivity contribution in [3.05, 3.63) is 34.9 Å². The predicted octanol–water partition coefficient (Wildman–Crippen LogP) is 0.609. The molecule has 2 amide bonds. The van der Waals surface area contributed by atoms with Gasteiger partial charge in [-0.05, 0) is 36.1 Å². The largest absolute Gasteiger partial charge is 0.453 e. The van der Waals surface area contributed by atoms with E-state index in [4.69, 9.17) is 5.73 Å². The summed E-state index contributed by atoms with van der Waals surface area (Å²) in [5, 5.41) is 2.75. The second kappa shape index (κ2) is 4.45. The van der Waals surface area contributed by atoms with Gasteiger partial charge in [0.2, 0.25) is 5.91 Å². The standard InChI is InChI=1S/C12H14N2O3/c1-17-12(16)14-10-5-7-2-3-8(11(13)15)4-9(7)6-10/h2-4,10H,5-6H2,1H3,(H2,13,15)(H,14,16). The Bertz CT molecular complexity index is 471. The van der Waals surface area contributed by atoms with E-state index in [9.17, 15) is 9.59 Å². The number of carbonyl (C=O) groups excluding carboxylic acids is 2. The van der Waals surface area contributed by atoms with Crippen LogP contribution in [0.15, 0.2) is 18.2 Å². The van der Waals surface area contributed by atoms with Crippen LogP contribution in [0.2, 0.25) is 0 Å². The first-order valence-corrected chi connectivity index (χ1v) is 5.36. The van der Waals surface area contributed by atoms with Crippen LogP contribution in [-0.4, -0.2) is 25.2 Å². The Morgan fingerprint density at radius 3 is 2.71 bits per heavy atom. The Kier molecular flexibility index (Phi) is 2.99. The van der Waals surface area contributed by atoms with E-state index in [2.05, 4.69) is 10.1 Å². The highest BCUT2D eigenvalue weighted by molar-refractivity contribution is 5.93. The van der Waals surface area contributed by atoms with Gasteiger partial charge in [0.05, 0.1) is 7.11 Å². The molecular formula is C12H14N2O3. The molecule has 0 aromatic heterocycles. The Labute approximate surface area is 98.9 Å². The number of alkyl carbamates (subject to hydrolysis) is 1. The van der Waals surface area contributed by atoms with Crippen LogP contribution in [-0.2, 0) is 17.6 Å². The van der Waals surface area contributed by atoms with Crippen molar-refractivity contribution in [2.75, 3.05) is 7.11 Å². The average Bonchev–Trinajstić information content (AvgIpc) is 2.69. The van der Waals surface area contributed by atoms with E-state index in [1.807, 2.05) is 6.07 Å². The van der Waals surface area contributed by atoms with Gasteiger partial charge < -0.3 is 15.8 Å². The molecule has 90 valence electrons. The van der Waals surface area contributed by atoms with Crippen molar-refractivity contribution in [3.63, 3.8) is 0 Å². The van der Waals surface area contributed by atoms with Crippen LogP contribution in [0, 0.1) is 0 Å². The van der Waals surface area contributed by atoms with Gasteiger partial charge in [-0.25, -0.2) is 4.79 Å². The third kappa shape index (κ3) is 2.38. The molecular weight excluding hydrogens is 220 g/mol. The number of hydrogen-bond acceptors (Lipinski definition) is 3. The Hall–Kier alpha value is -2.04. The summed E-state index contributed by atoms with van der Waals surface area (Å²) in [7, 11) is 1.34. The molecule has 1 atom stereocenters. The number of carbonyl (C=O) groups is 2. The van der Waals surface area contributed by atoms with Crippen LogP contribution in [0.5, 0.6) is 0 Å². The molecule has 1 aliphatic rings. The van der Waals surface area contributed by atoms with Crippen molar-refractivity contribution in [1.29, 1.82) is 0 Å². The molecule has 0 spiro atoms. The average molecular weight is 234 g/mol. The van der Waals surface area contributed by atoms with E-state index in [-0.39, 0.29) is 6.04 Å². The quantitative estimate of drug-likeness (QED) is 0.786. The minimum Gasteiger partial charge on any atom is -0.453 e. The van der Waals surface area contributed by atoms with Crippen LogP contribution in [0.25, 0.3) is 0 Å². The number of amides is 2. The topological polar surface area (TPSA) is 81.4 Å². The molecule has 17 heavy (non-hydrogen) atoms. The van der Waals surface area contributed by atoms with Crippen molar-refractivity contribution >= 4 is 12.0 Å². The van der Waals surface area contributed by atoms with Crippen LogP contribution in [0.1, 0.15) is 21.5 Å². The lowest BCUT2D eigenvalue weighted by molar-refractivity contribution is 0.1000. The molecule has 0 saturated heterocycles. The van der Waals surface area contributed by atoms with Crippen molar-refractivity contribution in [2.24, 2.45) is 5.73 Å². The van der Waals surface area contributed by atoms with Crippen LogP contribution in [0.3, 0.4) is 0 Å². The third-order valence-electron chi connectivity index (χ3n) is 2.93. The summed E-state index contributed by atoms with van der Waals surface area (Å²) >= 11 is 0. The number of nitrogens with one attached hydrogen (secondary N) is 1. The molecule has 0 saturated carbocycles. The van der Waals surface area contributed by atoms with E-state index in [1.165, 1.54) is 7.11 Å². The lowest BCUT2D eigenvalue weighted by Gasteiger charge is -2.09. The Balaban J connectivity index is 2.11. The van der Waals surface area contributed by atoms with Crippen molar-refractivity contribution in [3.8, 4) is 0 Å². The van der Waals surface area contributed by atoms with Crippen LogP contribution in [0.4, 0.5) is 4.79 Å². The van der Waals surface area contributed by atoms with E-state index >= 15 is 0 Å². The van der Waals surface area contributed by atoms with E-state index in [0.29, 0.717) is 12.0 Å².